The molecule has 1 rings (SSSR count). The topological polar surface area (TPSA) is 48.7 Å². The van der Waals surface area contributed by atoms with Crippen LogP contribution in [0.4, 0.5) is 5.69 Å². The molecule has 0 atom stereocenters. The number of aromatic nitrogens is 1. The van der Waals surface area contributed by atoms with Crippen molar-refractivity contribution in [1.29, 1.82) is 5.26 Å². The Bertz CT molecular complexity index is 322. The smallest absolute Gasteiger partial charge is 0.0962 e. The quantitative estimate of drug-likeness (QED) is 0.713. The van der Waals surface area contributed by atoms with E-state index in [2.05, 4.69) is 16.4 Å². The number of nitrogens with zero attached hydrogens (tertiary/aromatic N) is 2. The van der Waals surface area contributed by atoms with Crippen LogP contribution in [-0.4, -0.2) is 4.98 Å². The Morgan fingerprint density at radius 3 is 3.15 bits per heavy atom. The van der Waals surface area contributed by atoms with E-state index in [1.54, 1.807) is 18.6 Å². The van der Waals surface area contributed by atoms with Crippen molar-refractivity contribution in [3.05, 3.63) is 36.3 Å². The largest absolute Gasteiger partial charge is 0.359 e. The van der Waals surface area contributed by atoms with Crippen molar-refractivity contribution in [3.63, 3.8) is 0 Å². The maximum absolute atomic E-state index is 8.63. The van der Waals surface area contributed by atoms with Gasteiger partial charge in [0.25, 0.3) is 0 Å². The summed E-state index contributed by atoms with van der Waals surface area (Å²) in [6.45, 7) is 1.94. The van der Waals surface area contributed by atoms with Gasteiger partial charge in [-0.15, -0.1) is 0 Å². The van der Waals surface area contributed by atoms with Gasteiger partial charge in [0, 0.05) is 18.0 Å². The van der Waals surface area contributed by atoms with Gasteiger partial charge in [0.15, 0.2) is 0 Å². The van der Waals surface area contributed by atoms with E-state index < -0.39 is 0 Å². The number of nitriles is 1. The zero-order valence-electron chi connectivity index (χ0n) is 7.49. The first-order valence-electron chi connectivity index (χ1n) is 4.12. The first-order chi connectivity index (χ1) is 6.36. The fraction of sp³-hybridized carbons (Fsp3) is 0.200. The fourth-order valence-corrected chi connectivity index (χ4v) is 0.832. The summed E-state index contributed by atoms with van der Waals surface area (Å²) < 4.78 is 0. The molecule has 0 bridgehead atoms. The Balaban J connectivity index is 2.62. The Hall–Kier alpha value is -1.82. The molecule has 0 saturated heterocycles. The normalized spacial score (nSPS) is 10.6. The highest BCUT2D eigenvalue weighted by Crippen LogP contribution is 2.04. The van der Waals surface area contributed by atoms with Crippen molar-refractivity contribution in [1.82, 2.24) is 4.98 Å². The standard InChI is InChI=1S/C10H11N3/c1-2-9(6-11)7-13-10-4-3-5-12-8-10/h3-5,7-8,13H,2H2,1H3/b9-7+. The Kier molecular flexibility index (Phi) is 3.52. The molecule has 66 valence electrons. The van der Waals surface area contributed by atoms with Crippen LogP contribution in [0.2, 0.25) is 0 Å². The lowest BCUT2D eigenvalue weighted by atomic mass is 10.2. The third-order valence-corrected chi connectivity index (χ3v) is 1.60. The Morgan fingerprint density at radius 2 is 2.62 bits per heavy atom. The van der Waals surface area contributed by atoms with E-state index in [-0.39, 0.29) is 0 Å². The van der Waals surface area contributed by atoms with Crippen LogP contribution >= 0.6 is 0 Å². The maximum Gasteiger partial charge on any atom is 0.0962 e. The molecule has 0 saturated carbocycles. The van der Waals surface area contributed by atoms with Crippen LogP contribution in [0, 0.1) is 11.3 Å². The van der Waals surface area contributed by atoms with E-state index in [1.165, 1.54) is 0 Å². The monoisotopic (exact) mass is 173 g/mol. The highest BCUT2D eigenvalue weighted by Gasteiger charge is 1.90. The summed E-state index contributed by atoms with van der Waals surface area (Å²) in [5.74, 6) is 0. The van der Waals surface area contributed by atoms with Crippen LogP contribution in [0.3, 0.4) is 0 Å². The lowest BCUT2D eigenvalue weighted by Crippen LogP contribution is -1.90. The van der Waals surface area contributed by atoms with E-state index in [0.717, 1.165) is 17.7 Å². The summed E-state index contributed by atoms with van der Waals surface area (Å²) in [7, 11) is 0. The molecular weight excluding hydrogens is 162 g/mol. The number of anilines is 1. The average molecular weight is 173 g/mol. The lowest BCUT2D eigenvalue weighted by molar-refractivity contribution is 1.14. The van der Waals surface area contributed by atoms with Crippen molar-refractivity contribution in [2.75, 3.05) is 5.32 Å². The SMILES string of the molecule is CC/C(C#N)=C\Nc1cccnc1. The third kappa shape index (κ3) is 2.96. The molecule has 0 spiro atoms. The minimum Gasteiger partial charge on any atom is -0.359 e. The van der Waals surface area contributed by atoms with Gasteiger partial charge in [-0.1, -0.05) is 6.92 Å². The molecule has 1 aromatic heterocycles. The van der Waals surface area contributed by atoms with E-state index in [9.17, 15) is 0 Å². The van der Waals surface area contributed by atoms with Crippen molar-refractivity contribution in [3.8, 4) is 6.07 Å². The molecular formula is C10H11N3. The molecule has 3 nitrogen and oxygen atoms in total. The van der Waals surface area contributed by atoms with Crippen LogP contribution in [0.5, 0.6) is 0 Å². The van der Waals surface area contributed by atoms with Gasteiger partial charge in [0.05, 0.1) is 18.0 Å². The minimum absolute atomic E-state index is 0.726. The van der Waals surface area contributed by atoms with E-state index >= 15 is 0 Å². The van der Waals surface area contributed by atoms with Gasteiger partial charge in [0.1, 0.15) is 0 Å². The number of hydrogen-bond donors (Lipinski definition) is 1. The zero-order chi connectivity index (χ0) is 9.52. The predicted molar refractivity (Wildman–Crippen MR) is 51.8 cm³/mol. The van der Waals surface area contributed by atoms with E-state index in [4.69, 9.17) is 5.26 Å². The molecule has 1 N–H and O–H groups in total. The summed E-state index contributed by atoms with van der Waals surface area (Å²) in [5.41, 5.74) is 1.62. The Morgan fingerprint density at radius 1 is 1.77 bits per heavy atom. The average Bonchev–Trinajstić information content (AvgIpc) is 2.21. The summed E-state index contributed by atoms with van der Waals surface area (Å²) >= 11 is 0. The second kappa shape index (κ2) is 4.94. The molecule has 1 heterocycles. The number of allylic oxidation sites excluding steroid dienone is 1. The van der Waals surface area contributed by atoms with Crippen molar-refractivity contribution < 1.29 is 0 Å². The third-order valence-electron chi connectivity index (χ3n) is 1.60. The summed E-state index contributed by atoms with van der Waals surface area (Å²) in [5, 5.41) is 11.6. The molecule has 3 heteroatoms. The highest BCUT2D eigenvalue weighted by atomic mass is 14.9. The van der Waals surface area contributed by atoms with Crippen molar-refractivity contribution in [2.24, 2.45) is 0 Å². The Labute approximate surface area is 77.7 Å². The first kappa shape index (κ1) is 9.27. The predicted octanol–water partition coefficient (Wildman–Crippen LogP) is 2.31. The van der Waals surface area contributed by atoms with Gasteiger partial charge in [0.2, 0.25) is 0 Å². The summed E-state index contributed by atoms with van der Waals surface area (Å²) in [4.78, 5) is 3.94. The van der Waals surface area contributed by atoms with Gasteiger partial charge in [-0.05, 0) is 18.6 Å². The molecule has 0 radical (unpaired) electrons. The fourth-order valence-electron chi connectivity index (χ4n) is 0.832. The molecule has 0 aromatic carbocycles. The molecule has 0 unspecified atom stereocenters. The second-order valence-corrected chi connectivity index (χ2v) is 2.52. The van der Waals surface area contributed by atoms with Gasteiger partial charge in [-0.25, -0.2) is 0 Å². The zero-order valence-corrected chi connectivity index (χ0v) is 7.49. The molecule has 0 aliphatic rings. The van der Waals surface area contributed by atoms with Crippen LogP contribution in [-0.2, 0) is 0 Å². The number of pyridine rings is 1. The van der Waals surface area contributed by atoms with Gasteiger partial charge >= 0.3 is 0 Å². The second-order valence-electron chi connectivity index (χ2n) is 2.52. The summed E-state index contributed by atoms with van der Waals surface area (Å²) in [6, 6.07) is 5.84. The van der Waals surface area contributed by atoms with Crippen LogP contribution in [0.25, 0.3) is 0 Å². The van der Waals surface area contributed by atoms with Crippen molar-refractivity contribution in [2.45, 2.75) is 13.3 Å². The van der Waals surface area contributed by atoms with Gasteiger partial charge in [-0.3, -0.25) is 4.98 Å². The molecule has 0 aliphatic carbocycles. The van der Waals surface area contributed by atoms with Gasteiger partial charge < -0.3 is 5.32 Å². The van der Waals surface area contributed by atoms with Crippen LogP contribution in [0.15, 0.2) is 36.3 Å². The highest BCUT2D eigenvalue weighted by molar-refractivity contribution is 5.44. The van der Waals surface area contributed by atoms with E-state index in [0.29, 0.717) is 0 Å². The first-order valence-corrected chi connectivity index (χ1v) is 4.12. The number of rotatable bonds is 3. The lowest BCUT2D eigenvalue weighted by Gasteiger charge is -1.99. The molecule has 0 amide bonds. The molecule has 0 fully saturated rings. The minimum atomic E-state index is 0.726. The number of hydrogen-bond acceptors (Lipinski definition) is 3. The number of nitrogens with one attached hydrogen (secondary N) is 1. The van der Waals surface area contributed by atoms with E-state index in [1.807, 2.05) is 19.1 Å². The van der Waals surface area contributed by atoms with Crippen LogP contribution < -0.4 is 5.32 Å². The maximum atomic E-state index is 8.63. The summed E-state index contributed by atoms with van der Waals surface area (Å²) in [6.07, 6.45) is 5.86. The molecule has 0 aliphatic heterocycles. The molecule has 13 heavy (non-hydrogen) atoms. The van der Waals surface area contributed by atoms with Crippen molar-refractivity contribution >= 4 is 5.69 Å². The van der Waals surface area contributed by atoms with Gasteiger partial charge in [-0.2, -0.15) is 5.26 Å². The van der Waals surface area contributed by atoms with Crippen LogP contribution in [0.1, 0.15) is 13.3 Å². The molecule has 1 aromatic rings.